The molecule has 0 saturated heterocycles. The first-order valence-electron chi connectivity index (χ1n) is 11.6. The number of likely N-dealkylation sites (N-methyl/N-ethyl adjacent to an activating group) is 1. The highest BCUT2D eigenvalue weighted by Crippen LogP contribution is 2.17. The van der Waals surface area contributed by atoms with Crippen molar-refractivity contribution in [1.82, 2.24) is 19.8 Å². The van der Waals surface area contributed by atoms with Gasteiger partial charge >= 0.3 is 0 Å². The van der Waals surface area contributed by atoms with Gasteiger partial charge in [0.15, 0.2) is 0 Å². The second kappa shape index (κ2) is 11.3. The van der Waals surface area contributed by atoms with Crippen LogP contribution in [0.2, 0.25) is 0 Å². The molecule has 1 aromatic heterocycles. The van der Waals surface area contributed by atoms with E-state index in [0.717, 1.165) is 33.7 Å². The molecule has 0 spiro atoms. The van der Waals surface area contributed by atoms with Crippen molar-refractivity contribution >= 4 is 22.8 Å². The van der Waals surface area contributed by atoms with Crippen molar-refractivity contribution in [2.45, 2.75) is 25.9 Å². The maximum atomic E-state index is 13.0. The van der Waals surface area contributed by atoms with Crippen LogP contribution < -0.4 is 10.1 Å². The Balaban J connectivity index is 1.39. The van der Waals surface area contributed by atoms with Crippen molar-refractivity contribution < 1.29 is 14.3 Å². The number of amides is 2. The van der Waals surface area contributed by atoms with Crippen LogP contribution in [0.25, 0.3) is 11.0 Å². The van der Waals surface area contributed by atoms with E-state index < -0.39 is 0 Å². The summed E-state index contributed by atoms with van der Waals surface area (Å²) in [5, 5.41) is 2.97. The molecule has 2 amide bonds. The van der Waals surface area contributed by atoms with Crippen molar-refractivity contribution in [2.75, 3.05) is 20.7 Å². The molecule has 0 atom stereocenters. The Labute approximate surface area is 205 Å². The summed E-state index contributed by atoms with van der Waals surface area (Å²) in [6.07, 6.45) is 0.821. The van der Waals surface area contributed by atoms with Gasteiger partial charge in [-0.15, -0.1) is 0 Å². The van der Waals surface area contributed by atoms with Crippen LogP contribution in [0.1, 0.15) is 17.0 Å². The Hall–Kier alpha value is -4.13. The van der Waals surface area contributed by atoms with Crippen LogP contribution in [0.15, 0.2) is 78.9 Å². The number of hydrogen-bond acceptors (Lipinski definition) is 4. The highest BCUT2D eigenvalue weighted by atomic mass is 16.5. The standard InChI is InChI=1S/C28H30N4O3/c1-31(19-22-8-4-3-5-9-22)28(34)20-32-25-11-7-6-10-24(25)30-26(32)16-17-29-27(33)18-21-12-14-23(35-2)15-13-21/h3-15H,16-20H2,1-2H3,(H,29,33). The third-order valence-electron chi connectivity index (χ3n) is 5.91. The maximum absolute atomic E-state index is 13.0. The number of methoxy groups -OCH3 is 1. The van der Waals surface area contributed by atoms with Crippen LogP contribution in [0.3, 0.4) is 0 Å². The van der Waals surface area contributed by atoms with Gasteiger partial charge in [0, 0.05) is 26.6 Å². The number of benzene rings is 3. The Kier molecular flexibility index (Phi) is 7.77. The average molecular weight is 471 g/mol. The number of nitrogens with one attached hydrogen (secondary N) is 1. The molecule has 0 aliphatic rings. The van der Waals surface area contributed by atoms with Gasteiger partial charge < -0.3 is 19.5 Å². The summed E-state index contributed by atoms with van der Waals surface area (Å²) in [6, 6.07) is 25.2. The second-order valence-corrected chi connectivity index (χ2v) is 8.46. The summed E-state index contributed by atoms with van der Waals surface area (Å²) in [7, 11) is 3.43. The van der Waals surface area contributed by atoms with E-state index in [1.54, 1.807) is 12.0 Å². The predicted molar refractivity (Wildman–Crippen MR) is 136 cm³/mol. The van der Waals surface area contributed by atoms with E-state index in [2.05, 4.69) is 5.32 Å². The Morgan fingerprint density at radius 2 is 1.66 bits per heavy atom. The van der Waals surface area contributed by atoms with Gasteiger partial charge in [0.25, 0.3) is 0 Å². The maximum Gasteiger partial charge on any atom is 0.242 e. The molecule has 0 fully saturated rings. The molecule has 180 valence electrons. The van der Waals surface area contributed by atoms with Crippen LogP contribution >= 0.6 is 0 Å². The van der Waals surface area contributed by atoms with Crippen molar-refractivity contribution in [3.05, 3.63) is 95.8 Å². The zero-order chi connectivity index (χ0) is 24.6. The molecule has 7 nitrogen and oxygen atoms in total. The first-order valence-corrected chi connectivity index (χ1v) is 11.6. The molecule has 7 heteroatoms. The number of aromatic nitrogens is 2. The molecule has 1 heterocycles. The molecule has 4 aromatic rings. The van der Waals surface area contributed by atoms with Crippen molar-refractivity contribution in [1.29, 1.82) is 0 Å². The van der Waals surface area contributed by atoms with E-state index in [-0.39, 0.29) is 18.4 Å². The van der Waals surface area contributed by atoms with Crippen LogP contribution in [-0.4, -0.2) is 47.0 Å². The SMILES string of the molecule is COc1ccc(CC(=O)NCCc2nc3ccccc3n2CC(=O)N(C)Cc2ccccc2)cc1. The number of fused-ring (bicyclic) bond motifs is 1. The predicted octanol–water partition coefficient (Wildman–Crippen LogP) is 3.60. The zero-order valence-electron chi connectivity index (χ0n) is 20.1. The van der Waals surface area contributed by atoms with E-state index in [1.807, 2.05) is 90.5 Å². The lowest BCUT2D eigenvalue weighted by molar-refractivity contribution is -0.131. The summed E-state index contributed by atoms with van der Waals surface area (Å²) in [5.41, 5.74) is 3.75. The van der Waals surface area contributed by atoms with E-state index in [1.165, 1.54) is 0 Å². The normalized spacial score (nSPS) is 10.8. The molecule has 1 N–H and O–H groups in total. The second-order valence-electron chi connectivity index (χ2n) is 8.46. The Bertz CT molecular complexity index is 1280. The third kappa shape index (κ3) is 6.26. The number of ether oxygens (including phenoxy) is 1. The number of rotatable bonds is 10. The minimum absolute atomic E-state index is 0.00166. The molecule has 0 radical (unpaired) electrons. The summed E-state index contributed by atoms with van der Waals surface area (Å²) in [6.45, 7) is 1.17. The fourth-order valence-electron chi connectivity index (χ4n) is 4.00. The van der Waals surface area contributed by atoms with Gasteiger partial charge in [0.05, 0.1) is 24.6 Å². The van der Waals surface area contributed by atoms with Gasteiger partial charge in [0.1, 0.15) is 18.1 Å². The molecule has 0 bridgehead atoms. The molecule has 0 saturated carbocycles. The van der Waals surface area contributed by atoms with Gasteiger partial charge in [0.2, 0.25) is 11.8 Å². The number of nitrogens with zero attached hydrogens (tertiary/aromatic N) is 3. The monoisotopic (exact) mass is 470 g/mol. The van der Waals surface area contributed by atoms with Gasteiger partial charge in [-0.05, 0) is 35.4 Å². The Morgan fingerprint density at radius 1 is 0.943 bits per heavy atom. The largest absolute Gasteiger partial charge is 0.497 e. The van der Waals surface area contributed by atoms with Gasteiger partial charge in [-0.25, -0.2) is 4.98 Å². The lowest BCUT2D eigenvalue weighted by Crippen LogP contribution is -2.31. The van der Waals surface area contributed by atoms with Crippen molar-refractivity contribution in [2.24, 2.45) is 0 Å². The van der Waals surface area contributed by atoms with Crippen LogP contribution in [0.5, 0.6) is 5.75 Å². The number of carbonyl (C=O) groups excluding carboxylic acids is 2. The lowest BCUT2D eigenvalue weighted by Gasteiger charge is -2.19. The third-order valence-corrected chi connectivity index (χ3v) is 5.91. The van der Waals surface area contributed by atoms with E-state index >= 15 is 0 Å². The summed E-state index contributed by atoms with van der Waals surface area (Å²) >= 11 is 0. The minimum atomic E-state index is -0.0588. The highest BCUT2D eigenvalue weighted by molar-refractivity contribution is 5.81. The number of para-hydroxylation sites is 2. The van der Waals surface area contributed by atoms with Crippen LogP contribution in [0.4, 0.5) is 0 Å². The first kappa shape index (κ1) is 24.0. The smallest absolute Gasteiger partial charge is 0.242 e. The minimum Gasteiger partial charge on any atom is -0.497 e. The number of imidazole rings is 1. The molecular formula is C28H30N4O3. The fraction of sp³-hybridized carbons (Fsp3) is 0.250. The molecule has 3 aromatic carbocycles. The molecule has 0 unspecified atom stereocenters. The van der Waals surface area contributed by atoms with Crippen molar-refractivity contribution in [3.8, 4) is 5.75 Å². The molecular weight excluding hydrogens is 440 g/mol. The lowest BCUT2D eigenvalue weighted by atomic mass is 10.1. The zero-order valence-corrected chi connectivity index (χ0v) is 20.1. The summed E-state index contributed by atoms with van der Waals surface area (Å²) < 4.78 is 7.11. The molecule has 35 heavy (non-hydrogen) atoms. The average Bonchev–Trinajstić information content (AvgIpc) is 3.22. The number of carbonyl (C=O) groups is 2. The van der Waals surface area contributed by atoms with Crippen molar-refractivity contribution in [3.63, 3.8) is 0 Å². The molecule has 4 rings (SSSR count). The van der Waals surface area contributed by atoms with Crippen LogP contribution in [-0.2, 0) is 35.5 Å². The van der Waals surface area contributed by atoms with Crippen LogP contribution in [0, 0.1) is 0 Å². The number of hydrogen-bond donors (Lipinski definition) is 1. The van der Waals surface area contributed by atoms with Gasteiger partial charge in [-0.1, -0.05) is 54.6 Å². The molecule has 0 aliphatic carbocycles. The quantitative estimate of drug-likeness (QED) is 0.384. The molecule has 0 aliphatic heterocycles. The summed E-state index contributed by atoms with van der Waals surface area (Å²) in [5.74, 6) is 1.48. The topological polar surface area (TPSA) is 76.5 Å². The van der Waals surface area contributed by atoms with E-state index in [0.29, 0.717) is 25.9 Å². The fourth-order valence-corrected chi connectivity index (χ4v) is 4.00. The summed E-state index contributed by atoms with van der Waals surface area (Å²) in [4.78, 5) is 31.9. The van der Waals surface area contributed by atoms with Gasteiger partial charge in [-0.3, -0.25) is 9.59 Å². The first-order chi connectivity index (χ1) is 17.0. The van der Waals surface area contributed by atoms with E-state index in [4.69, 9.17) is 9.72 Å². The van der Waals surface area contributed by atoms with E-state index in [9.17, 15) is 9.59 Å². The van der Waals surface area contributed by atoms with Gasteiger partial charge in [-0.2, -0.15) is 0 Å². The highest BCUT2D eigenvalue weighted by Gasteiger charge is 2.16. The Morgan fingerprint density at radius 3 is 2.40 bits per heavy atom.